The van der Waals surface area contributed by atoms with E-state index in [2.05, 4.69) is 277 Å². The number of aromatic nitrogens is 4. The smallest absolute Gasteiger partial charge is 0.164 e. The van der Waals surface area contributed by atoms with Crippen molar-refractivity contribution < 1.29 is 0 Å². The lowest BCUT2D eigenvalue weighted by molar-refractivity contribution is 1.07. The molecule has 0 aliphatic heterocycles. The summed E-state index contributed by atoms with van der Waals surface area (Å²) in [7, 11) is 0. The van der Waals surface area contributed by atoms with Gasteiger partial charge in [0.2, 0.25) is 0 Å². The number of rotatable bonds is 12. The van der Waals surface area contributed by atoms with Gasteiger partial charge in [0, 0.05) is 55.5 Å². The van der Waals surface area contributed by atoms with Crippen LogP contribution in [0, 0.1) is 0 Å². The van der Waals surface area contributed by atoms with E-state index in [0.717, 1.165) is 122 Å². The molecule has 0 radical (unpaired) electrons. The Kier molecular flexibility index (Phi) is 12.5. The summed E-state index contributed by atoms with van der Waals surface area (Å²) in [6, 6.07) is 108. The summed E-state index contributed by atoms with van der Waals surface area (Å²) < 4.78 is 2.50. The van der Waals surface area contributed by atoms with Gasteiger partial charge < -0.3 is 9.88 Å². The Bertz CT molecular complexity index is 4320. The molecule has 0 aliphatic rings. The fraction of sp³-hybridized carbons (Fsp3) is 0. The fourth-order valence-corrected chi connectivity index (χ4v) is 11.1. The standard InChI is InChI=1S/C75H51N5/c1-7-21-51(22-8-1)54-35-39-57(40-36-54)66-48-62(75-78-73(59-29-15-5-16-30-59)77-74(79-75)60-31-17-6-18-32-60)49-67(58-41-37-55(38-42-58)52-23-9-2-10-24-52)72(66)80-70-46-43-61(53-25-11-3-12-26-53)47-68(70)65-45-44-63(50-71(65)80)76-69-34-20-19-33-64(69)56-27-13-4-14-28-56/h1-50,76H. The van der Waals surface area contributed by atoms with Crippen LogP contribution in [-0.2, 0) is 0 Å². The maximum absolute atomic E-state index is 5.35. The van der Waals surface area contributed by atoms with Gasteiger partial charge in [-0.2, -0.15) is 0 Å². The number of anilines is 2. The minimum atomic E-state index is 0.576. The molecular weight excluding hydrogens is 971 g/mol. The number of benzene rings is 12. The minimum Gasteiger partial charge on any atom is -0.355 e. The van der Waals surface area contributed by atoms with E-state index >= 15 is 0 Å². The van der Waals surface area contributed by atoms with Gasteiger partial charge in [0.25, 0.3) is 0 Å². The Hall–Kier alpha value is -10.8. The molecule has 14 rings (SSSR count). The highest BCUT2D eigenvalue weighted by atomic mass is 15.0. The number of para-hydroxylation sites is 1. The van der Waals surface area contributed by atoms with E-state index in [1.807, 2.05) is 36.4 Å². The molecule has 2 heterocycles. The zero-order chi connectivity index (χ0) is 53.2. The predicted octanol–water partition coefficient (Wildman–Crippen LogP) is 19.7. The summed E-state index contributed by atoms with van der Waals surface area (Å²) in [5.74, 6) is 1.78. The van der Waals surface area contributed by atoms with Crippen LogP contribution in [0.5, 0.6) is 0 Å². The normalized spacial score (nSPS) is 11.2. The summed E-state index contributed by atoms with van der Waals surface area (Å²) in [6.07, 6.45) is 0. The number of hydrogen-bond donors (Lipinski definition) is 1. The first kappa shape index (κ1) is 47.7. The monoisotopic (exact) mass is 1020 g/mol. The van der Waals surface area contributed by atoms with Gasteiger partial charge in [-0.05, 0) is 92.5 Å². The van der Waals surface area contributed by atoms with Crippen LogP contribution in [0.3, 0.4) is 0 Å². The highest BCUT2D eigenvalue weighted by molar-refractivity contribution is 6.13. The summed E-state index contributed by atoms with van der Waals surface area (Å²) in [5.41, 5.74) is 21.2. The molecule has 0 aliphatic carbocycles. The molecule has 14 aromatic rings. The maximum Gasteiger partial charge on any atom is 0.164 e. The zero-order valence-corrected chi connectivity index (χ0v) is 43.7. The van der Waals surface area contributed by atoms with Crippen molar-refractivity contribution >= 4 is 33.2 Å². The largest absolute Gasteiger partial charge is 0.355 e. The molecule has 376 valence electrons. The van der Waals surface area contributed by atoms with Gasteiger partial charge in [-0.15, -0.1) is 0 Å². The van der Waals surface area contributed by atoms with Crippen molar-refractivity contribution in [1.29, 1.82) is 0 Å². The molecule has 12 aromatic carbocycles. The molecule has 0 spiro atoms. The molecular formula is C75H51N5. The molecule has 0 saturated carbocycles. The van der Waals surface area contributed by atoms with Crippen LogP contribution in [0.15, 0.2) is 303 Å². The van der Waals surface area contributed by atoms with Crippen LogP contribution < -0.4 is 5.32 Å². The first-order chi connectivity index (χ1) is 39.6. The summed E-state index contributed by atoms with van der Waals surface area (Å²) in [5, 5.41) is 6.18. The van der Waals surface area contributed by atoms with Gasteiger partial charge in [-0.1, -0.05) is 261 Å². The number of fused-ring (bicyclic) bond motifs is 3. The van der Waals surface area contributed by atoms with E-state index in [1.165, 1.54) is 0 Å². The topological polar surface area (TPSA) is 55.6 Å². The van der Waals surface area contributed by atoms with E-state index < -0.39 is 0 Å². The van der Waals surface area contributed by atoms with Crippen molar-refractivity contribution in [3.63, 3.8) is 0 Å². The molecule has 5 heteroatoms. The van der Waals surface area contributed by atoms with Crippen molar-refractivity contribution in [2.24, 2.45) is 0 Å². The van der Waals surface area contributed by atoms with Gasteiger partial charge in [0.05, 0.1) is 16.7 Å². The summed E-state index contributed by atoms with van der Waals surface area (Å²) >= 11 is 0. The molecule has 2 aromatic heterocycles. The van der Waals surface area contributed by atoms with E-state index in [9.17, 15) is 0 Å². The van der Waals surface area contributed by atoms with Crippen molar-refractivity contribution in [2.75, 3.05) is 5.32 Å². The first-order valence-electron chi connectivity index (χ1n) is 27.1. The molecule has 1 N–H and O–H groups in total. The molecule has 0 unspecified atom stereocenters. The Balaban J connectivity index is 1.07. The lowest BCUT2D eigenvalue weighted by Crippen LogP contribution is -2.04. The molecule has 0 bridgehead atoms. The van der Waals surface area contributed by atoms with Crippen molar-refractivity contribution in [2.45, 2.75) is 0 Å². The van der Waals surface area contributed by atoms with Crippen LogP contribution in [-0.4, -0.2) is 19.5 Å². The molecule has 0 atom stereocenters. The second kappa shape index (κ2) is 21.0. The van der Waals surface area contributed by atoms with Crippen LogP contribution in [0.2, 0.25) is 0 Å². The Morgan fingerprint density at radius 2 is 0.613 bits per heavy atom. The highest BCUT2D eigenvalue weighted by Gasteiger charge is 2.24. The van der Waals surface area contributed by atoms with Crippen LogP contribution >= 0.6 is 0 Å². The average molecular weight is 1020 g/mol. The lowest BCUT2D eigenvalue weighted by atomic mass is 9.91. The lowest BCUT2D eigenvalue weighted by Gasteiger charge is -2.22. The predicted molar refractivity (Wildman–Crippen MR) is 333 cm³/mol. The van der Waals surface area contributed by atoms with E-state index in [-0.39, 0.29) is 0 Å². The third-order valence-corrected chi connectivity index (χ3v) is 15.1. The number of nitrogens with zero attached hydrogens (tertiary/aromatic N) is 4. The average Bonchev–Trinajstić information content (AvgIpc) is 4.09. The zero-order valence-electron chi connectivity index (χ0n) is 43.7. The van der Waals surface area contributed by atoms with E-state index in [1.54, 1.807) is 0 Å². The van der Waals surface area contributed by atoms with E-state index in [4.69, 9.17) is 15.0 Å². The second-order valence-corrected chi connectivity index (χ2v) is 20.0. The van der Waals surface area contributed by atoms with Crippen LogP contribution in [0.1, 0.15) is 0 Å². The van der Waals surface area contributed by atoms with Gasteiger partial charge in [-0.25, -0.2) is 15.0 Å². The molecule has 80 heavy (non-hydrogen) atoms. The quantitative estimate of drug-likeness (QED) is 0.132. The SMILES string of the molecule is c1ccc(-c2ccc(-c3cc(-c4nc(-c5ccccc5)nc(-c5ccccc5)n4)cc(-c4ccc(-c5ccccc5)cc4)c3-n3c4ccc(-c5ccccc5)cc4c4ccc(Nc5ccccc5-c5ccccc5)cc43)cc2)cc1. The highest BCUT2D eigenvalue weighted by Crippen LogP contribution is 2.46. The Morgan fingerprint density at radius 1 is 0.237 bits per heavy atom. The van der Waals surface area contributed by atoms with E-state index in [0.29, 0.717) is 17.5 Å². The minimum absolute atomic E-state index is 0.576. The second-order valence-electron chi connectivity index (χ2n) is 20.0. The van der Waals surface area contributed by atoms with Gasteiger partial charge in [-0.3, -0.25) is 0 Å². The molecule has 5 nitrogen and oxygen atoms in total. The molecule has 0 saturated heterocycles. The number of nitrogens with one attached hydrogen (secondary N) is 1. The molecule has 0 fully saturated rings. The van der Waals surface area contributed by atoms with Crippen molar-refractivity contribution in [3.8, 4) is 107 Å². The fourth-order valence-electron chi connectivity index (χ4n) is 11.1. The van der Waals surface area contributed by atoms with Crippen LogP contribution in [0.4, 0.5) is 11.4 Å². The molecule has 0 amide bonds. The number of hydrogen-bond acceptors (Lipinski definition) is 4. The third-order valence-electron chi connectivity index (χ3n) is 15.1. The van der Waals surface area contributed by atoms with Crippen molar-refractivity contribution in [3.05, 3.63) is 303 Å². The summed E-state index contributed by atoms with van der Waals surface area (Å²) in [6.45, 7) is 0. The Labute approximate surface area is 465 Å². The summed E-state index contributed by atoms with van der Waals surface area (Å²) in [4.78, 5) is 15.8. The maximum atomic E-state index is 5.35. The van der Waals surface area contributed by atoms with Crippen LogP contribution in [0.25, 0.3) is 128 Å². The van der Waals surface area contributed by atoms with Gasteiger partial charge in [0.1, 0.15) is 0 Å². The van der Waals surface area contributed by atoms with Crippen molar-refractivity contribution in [1.82, 2.24) is 19.5 Å². The first-order valence-corrected chi connectivity index (χ1v) is 27.1. The Morgan fingerprint density at radius 3 is 1.11 bits per heavy atom. The van der Waals surface area contributed by atoms with Gasteiger partial charge in [0.15, 0.2) is 17.5 Å². The van der Waals surface area contributed by atoms with Gasteiger partial charge >= 0.3 is 0 Å². The third kappa shape index (κ3) is 9.29.